The molecule has 0 aromatic rings. The van der Waals surface area contributed by atoms with Gasteiger partial charge in [0.25, 0.3) is 0 Å². The third-order valence-electron chi connectivity index (χ3n) is 13.2. The second-order valence-corrected chi connectivity index (χ2v) is 20.5. The highest BCUT2D eigenvalue weighted by Crippen LogP contribution is 2.16. The van der Waals surface area contributed by atoms with Crippen LogP contribution in [0.4, 0.5) is 0 Å². The first-order valence-corrected chi connectivity index (χ1v) is 31.4. The maximum absolute atomic E-state index is 12.8. The molecule has 0 aromatic heterocycles. The molecule has 0 aliphatic carbocycles. The Morgan fingerprint density at radius 3 is 0.853 bits per heavy atom. The zero-order chi connectivity index (χ0) is 54.3. The molecule has 0 aliphatic rings. The molecule has 0 amide bonds. The van der Waals surface area contributed by atoms with E-state index in [1.165, 1.54) is 135 Å². The highest BCUT2D eigenvalue weighted by molar-refractivity contribution is 5.71. The normalized spacial score (nSPS) is 12.8. The lowest BCUT2D eigenvalue weighted by molar-refractivity contribution is -0.167. The van der Waals surface area contributed by atoms with Gasteiger partial charge in [-0.2, -0.15) is 0 Å². The Kier molecular flexibility index (Phi) is 59.3. The number of ether oxygens (including phenoxy) is 3. The molecule has 0 heterocycles. The largest absolute Gasteiger partial charge is 0.462 e. The molecule has 0 radical (unpaired) electrons. The summed E-state index contributed by atoms with van der Waals surface area (Å²) in [6.45, 7) is 6.35. The molecule has 0 fully saturated rings. The van der Waals surface area contributed by atoms with Crippen LogP contribution in [0.5, 0.6) is 0 Å². The SMILES string of the molecule is CC/C=C\C/C=C\C/C=C\C/C=C\CCCCC(=O)OC(COC(=O)CCCCC/C=C\C/C=C\C/C=C\CC)COC(=O)CCCCCCCCCCCCCCCCCCC/C=C\C/C=C\CCCCCCC. The molecule has 0 saturated carbocycles. The van der Waals surface area contributed by atoms with E-state index in [0.29, 0.717) is 19.3 Å². The van der Waals surface area contributed by atoms with Gasteiger partial charge in [-0.05, 0) is 122 Å². The Hall–Kier alpha value is -3.93. The lowest BCUT2D eigenvalue weighted by Gasteiger charge is -2.18. The summed E-state index contributed by atoms with van der Waals surface area (Å²) in [4.78, 5) is 38.2. The van der Waals surface area contributed by atoms with E-state index in [1.54, 1.807) is 0 Å². The first-order valence-electron chi connectivity index (χ1n) is 31.4. The minimum atomic E-state index is -0.813. The second kappa shape index (κ2) is 62.6. The van der Waals surface area contributed by atoms with Gasteiger partial charge in [-0.15, -0.1) is 0 Å². The number of esters is 3. The predicted molar refractivity (Wildman–Crippen MR) is 325 cm³/mol. The van der Waals surface area contributed by atoms with Crippen molar-refractivity contribution in [1.29, 1.82) is 0 Å². The Morgan fingerprint density at radius 1 is 0.280 bits per heavy atom. The van der Waals surface area contributed by atoms with Gasteiger partial charge in [0.2, 0.25) is 0 Å². The number of hydrogen-bond acceptors (Lipinski definition) is 6. The summed E-state index contributed by atoms with van der Waals surface area (Å²) in [5, 5.41) is 0. The smallest absolute Gasteiger partial charge is 0.306 e. The van der Waals surface area contributed by atoms with Crippen molar-refractivity contribution in [2.45, 2.75) is 297 Å². The molecule has 6 nitrogen and oxygen atoms in total. The summed E-state index contributed by atoms with van der Waals surface area (Å²) in [5.41, 5.74) is 0. The lowest BCUT2D eigenvalue weighted by atomic mass is 10.0. The van der Waals surface area contributed by atoms with Crippen molar-refractivity contribution in [2.75, 3.05) is 13.2 Å². The van der Waals surface area contributed by atoms with Crippen LogP contribution in [0.3, 0.4) is 0 Å². The number of hydrogen-bond donors (Lipinski definition) is 0. The summed E-state index contributed by atoms with van der Waals surface area (Å²) in [6, 6.07) is 0. The Balaban J connectivity index is 4.26. The maximum atomic E-state index is 12.8. The van der Waals surface area contributed by atoms with Crippen molar-refractivity contribution in [2.24, 2.45) is 0 Å². The zero-order valence-corrected chi connectivity index (χ0v) is 49.0. The number of unbranched alkanes of at least 4 members (excludes halogenated alkanes) is 27. The standard InChI is InChI=1S/C69H116O6/c1-4-7-10-13-16-19-22-25-27-28-29-30-31-32-33-34-35-36-37-38-39-40-42-44-47-50-53-56-59-62-68(71)74-65-66(64-73-67(70)61-58-55-52-49-46-43-24-21-18-15-12-9-6-3)75-69(72)63-60-57-54-51-48-45-41-26-23-20-17-14-11-8-5-2/h8-9,11-12,17-18,20-22,25-26,28-29,41,43,46,48,51,66H,4-7,10,13-16,19,23-24,27,30-40,42,44-45,47,49-50,52-65H2,1-3H3/b11-8-,12-9-,20-17-,21-18-,25-22-,29-28-,41-26-,46-43-,51-48-. The first kappa shape index (κ1) is 71.1. The van der Waals surface area contributed by atoms with E-state index in [2.05, 4.69) is 130 Å². The summed E-state index contributed by atoms with van der Waals surface area (Å²) in [7, 11) is 0. The van der Waals surface area contributed by atoms with Crippen LogP contribution in [0.15, 0.2) is 109 Å². The Bertz CT molecular complexity index is 1520. The van der Waals surface area contributed by atoms with Crippen LogP contribution in [0, 0.1) is 0 Å². The Morgan fingerprint density at radius 2 is 0.520 bits per heavy atom. The average molecular weight is 1040 g/mol. The molecule has 75 heavy (non-hydrogen) atoms. The minimum Gasteiger partial charge on any atom is -0.462 e. The van der Waals surface area contributed by atoms with Gasteiger partial charge >= 0.3 is 17.9 Å². The van der Waals surface area contributed by atoms with Gasteiger partial charge in [0.15, 0.2) is 6.10 Å². The average Bonchev–Trinajstić information content (AvgIpc) is 3.41. The number of allylic oxidation sites excluding steroid dienone is 18. The summed E-state index contributed by atoms with van der Waals surface area (Å²) < 4.78 is 16.8. The van der Waals surface area contributed by atoms with Crippen LogP contribution in [0.25, 0.3) is 0 Å². The van der Waals surface area contributed by atoms with E-state index >= 15 is 0 Å². The molecular weight excluding hydrogens is 925 g/mol. The summed E-state index contributed by atoms with van der Waals surface area (Å²) in [5.74, 6) is -0.973. The van der Waals surface area contributed by atoms with Crippen LogP contribution < -0.4 is 0 Å². The molecule has 428 valence electrons. The fraction of sp³-hybridized carbons (Fsp3) is 0.696. The van der Waals surface area contributed by atoms with Gasteiger partial charge < -0.3 is 14.2 Å². The van der Waals surface area contributed by atoms with Crippen molar-refractivity contribution in [1.82, 2.24) is 0 Å². The highest BCUT2D eigenvalue weighted by Gasteiger charge is 2.19. The highest BCUT2D eigenvalue weighted by atomic mass is 16.6. The van der Waals surface area contributed by atoms with Crippen molar-refractivity contribution < 1.29 is 28.6 Å². The molecular formula is C69H116O6. The third kappa shape index (κ3) is 60.8. The molecule has 0 aliphatic heterocycles. The summed E-state index contributed by atoms with van der Waals surface area (Å²) in [6.07, 6.45) is 85.5. The van der Waals surface area contributed by atoms with Crippen LogP contribution in [0.2, 0.25) is 0 Å². The van der Waals surface area contributed by atoms with Crippen molar-refractivity contribution in [3.63, 3.8) is 0 Å². The van der Waals surface area contributed by atoms with Crippen molar-refractivity contribution in [3.05, 3.63) is 109 Å². The van der Waals surface area contributed by atoms with Crippen molar-refractivity contribution in [3.8, 4) is 0 Å². The molecule has 0 aromatic carbocycles. The molecule has 0 bridgehead atoms. The van der Waals surface area contributed by atoms with Gasteiger partial charge in [0.1, 0.15) is 13.2 Å². The predicted octanol–water partition coefficient (Wildman–Crippen LogP) is 21.4. The molecule has 1 unspecified atom stereocenters. The maximum Gasteiger partial charge on any atom is 0.306 e. The quantitative estimate of drug-likeness (QED) is 0.0261. The van der Waals surface area contributed by atoms with Crippen LogP contribution >= 0.6 is 0 Å². The van der Waals surface area contributed by atoms with Gasteiger partial charge in [0, 0.05) is 19.3 Å². The van der Waals surface area contributed by atoms with Crippen LogP contribution in [-0.2, 0) is 28.6 Å². The molecule has 0 rings (SSSR count). The summed E-state index contributed by atoms with van der Waals surface area (Å²) >= 11 is 0. The molecule has 1 atom stereocenters. The van der Waals surface area contributed by atoms with E-state index in [4.69, 9.17) is 14.2 Å². The van der Waals surface area contributed by atoms with Gasteiger partial charge in [-0.3, -0.25) is 14.4 Å². The first-order chi connectivity index (χ1) is 37.0. The molecule has 0 saturated heterocycles. The lowest BCUT2D eigenvalue weighted by Crippen LogP contribution is -2.30. The second-order valence-electron chi connectivity index (χ2n) is 20.5. The van der Waals surface area contributed by atoms with Gasteiger partial charge in [0.05, 0.1) is 0 Å². The van der Waals surface area contributed by atoms with Gasteiger partial charge in [-0.25, -0.2) is 0 Å². The molecule has 0 N–H and O–H groups in total. The third-order valence-corrected chi connectivity index (χ3v) is 13.2. The minimum absolute atomic E-state index is 0.104. The van der Waals surface area contributed by atoms with E-state index in [-0.39, 0.29) is 37.5 Å². The Labute approximate surface area is 463 Å². The number of rotatable bonds is 56. The molecule has 6 heteroatoms. The van der Waals surface area contributed by atoms with Crippen molar-refractivity contribution >= 4 is 17.9 Å². The van der Waals surface area contributed by atoms with E-state index < -0.39 is 6.10 Å². The number of carbonyl (C=O) groups is 3. The molecule has 0 spiro atoms. The van der Waals surface area contributed by atoms with Crippen LogP contribution in [0.1, 0.15) is 290 Å². The monoisotopic (exact) mass is 1040 g/mol. The topological polar surface area (TPSA) is 78.9 Å². The van der Waals surface area contributed by atoms with E-state index in [9.17, 15) is 14.4 Å². The van der Waals surface area contributed by atoms with E-state index in [0.717, 1.165) is 109 Å². The fourth-order valence-electron chi connectivity index (χ4n) is 8.60. The zero-order valence-electron chi connectivity index (χ0n) is 49.0. The van der Waals surface area contributed by atoms with Crippen LogP contribution in [-0.4, -0.2) is 37.2 Å². The van der Waals surface area contributed by atoms with E-state index in [1.807, 2.05) is 0 Å². The number of carbonyl (C=O) groups excluding carboxylic acids is 3. The van der Waals surface area contributed by atoms with Gasteiger partial charge in [-0.1, -0.05) is 259 Å². The fourth-order valence-corrected chi connectivity index (χ4v) is 8.60.